The van der Waals surface area contributed by atoms with Crippen LogP contribution in [0.3, 0.4) is 0 Å². The Hall–Kier alpha value is -2.94. The molecule has 1 aromatic carbocycles. The highest BCUT2D eigenvalue weighted by Gasteiger charge is 2.65. The van der Waals surface area contributed by atoms with Gasteiger partial charge in [0.05, 0.1) is 29.4 Å². The minimum Gasteiger partial charge on any atom is -0.387 e. The van der Waals surface area contributed by atoms with Gasteiger partial charge in [0.2, 0.25) is 11.5 Å². The van der Waals surface area contributed by atoms with Gasteiger partial charge in [0, 0.05) is 18.0 Å². The third-order valence-corrected chi connectivity index (χ3v) is 5.40. The number of hydrogen-bond donors (Lipinski definition) is 3. The zero-order valence-corrected chi connectivity index (χ0v) is 16.1. The zero-order valence-electron chi connectivity index (χ0n) is 16.1. The fourth-order valence-electron chi connectivity index (χ4n) is 3.39. The van der Waals surface area contributed by atoms with Gasteiger partial charge in [0.25, 0.3) is 5.91 Å². The zero-order chi connectivity index (χ0) is 21.2. The molecule has 1 aliphatic heterocycles. The topological polar surface area (TPSA) is 153 Å². The van der Waals surface area contributed by atoms with Gasteiger partial charge in [-0.05, 0) is 31.4 Å². The number of rotatable bonds is 7. The van der Waals surface area contributed by atoms with Crippen molar-refractivity contribution in [3.63, 3.8) is 0 Å². The van der Waals surface area contributed by atoms with Crippen LogP contribution in [0.4, 0.5) is 0 Å². The molecule has 0 radical (unpaired) electrons. The minimum absolute atomic E-state index is 0.0352. The van der Waals surface area contributed by atoms with E-state index in [1.807, 2.05) is 0 Å². The summed E-state index contributed by atoms with van der Waals surface area (Å²) in [5.74, 6) is -2.21. The number of aromatic nitrogens is 2. The molecule has 10 nitrogen and oxygen atoms in total. The van der Waals surface area contributed by atoms with E-state index in [1.54, 1.807) is 24.3 Å². The standard InChI is InChI=1S/C20H21N5O5/c21-8-14-3-1-4-16(7-14)20(28-11-18(27)5-2-6-18)19(22,12-29-20)30-25-17(26)15-9-23-13-24-10-15/h1,3-4,7,9-10,13,27H,2,5-6,11-12,22H2,(H,25,26). The van der Waals surface area contributed by atoms with E-state index >= 15 is 0 Å². The SMILES string of the molecule is N#Cc1cccc(C2(OCC3(O)CCC3)OCC2(N)ONC(=O)c2cncnc2)c1. The molecule has 2 unspecified atom stereocenters. The summed E-state index contributed by atoms with van der Waals surface area (Å²) in [7, 11) is 0. The molecule has 1 saturated heterocycles. The van der Waals surface area contributed by atoms with Crippen LogP contribution in [0.2, 0.25) is 0 Å². The lowest BCUT2D eigenvalue weighted by atomic mass is 9.80. The van der Waals surface area contributed by atoms with Crippen molar-refractivity contribution >= 4 is 5.91 Å². The van der Waals surface area contributed by atoms with Crippen molar-refractivity contribution in [2.45, 2.75) is 36.4 Å². The number of hydrogen-bond acceptors (Lipinski definition) is 9. The van der Waals surface area contributed by atoms with Crippen LogP contribution in [-0.4, -0.2) is 45.5 Å². The second-order valence-corrected chi connectivity index (χ2v) is 7.51. The fraction of sp³-hybridized carbons (Fsp3) is 0.400. The van der Waals surface area contributed by atoms with Crippen LogP contribution < -0.4 is 11.2 Å². The van der Waals surface area contributed by atoms with Crippen molar-refractivity contribution in [2.75, 3.05) is 13.2 Å². The van der Waals surface area contributed by atoms with Gasteiger partial charge >= 0.3 is 0 Å². The smallest absolute Gasteiger partial charge is 0.278 e. The van der Waals surface area contributed by atoms with Crippen molar-refractivity contribution in [2.24, 2.45) is 5.73 Å². The molecule has 4 rings (SSSR count). The van der Waals surface area contributed by atoms with Gasteiger partial charge in [-0.3, -0.25) is 10.5 Å². The molecular weight excluding hydrogens is 390 g/mol. The third-order valence-electron chi connectivity index (χ3n) is 5.40. The fourth-order valence-corrected chi connectivity index (χ4v) is 3.39. The highest BCUT2D eigenvalue weighted by Crippen LogP contribution is 2.47. The Morgan fingerprint density at radius 3 is 2.73 bits per heavy atom. The molecule has 30 heavy (non-hydrogen) atoms. The van der Waals surface area contributed by atoms with E-state index in [0.717, 1.165) is 6.42 Å². The Morgan fingerprint density at radius 1 is 1.37 bits per heavy atom. The molecule has 4 N–H and O–H groups in total. The van der Waals surface area contributed by atoms with Gasteiger partial charge in [0.1, 0.15) is 12.9 Å². The van der Waals surface area contributed by atoms with Gasteiger partial charge in [-0.15, -0.1) is 0 Å². The van der Waals surface area contributed by atoms with Crippen LogP contribution >= 0.6 is 0 Å². The highest BCUT2D eigenvalue weighted by atomic mass is 16.8. The lowest BCUT2D eigenvalue weighted by molar-refractivity contribution is -0.444. The predicted octanol–water partition coefficient (Wildman–Crippen LogP) is 0.479. The van der Waals surface area contributed by atoms with E-state index < -0.39 is 23.0 Å². The Morgan fingerprint density at radius 2 is 2.13 bits per heavy atom. The van der Waals surface area contributed by atoms with Gasteiger partial charge < -0.3 is 14.6 Å². The van der Waals surface area contributed by atoms with E-state index in [1.165, 1.54) is 18.7 Å². The van der Waals surface area contributed by atoms with Crippen molar-refractivity contribution in [1.29, 1.82) is 5.26 Å². The van der Waals surface area contributed by atoms with E-state index in [-0.39, 0.29) is 18.8 Å². The van der Waals surface area contributed by atoms with Crippen LogP contribution in [0.1, 0.15) is 40.7 Å². The monoisotopic (exact) mass is 411 g/mol. The van der Waals surface area contributed by atoms with Crippen LogP contribution in [0.25, 0.3) is 0 Å². The quantitative estimate of drug-likeness (QED) is 0.436. The Balaban J connectivity index is 1.58. The number of ether oxygens (including phenoxy) is 2. The number of benzene rings is 1. The maximum Gasteiger partial charge on any atom is 0.278 e. The minimum atomic E-state index is -1.62. The Bertz CT molecular complexity index is 977. The molecule has 1 saturated carbocycles. The van der Waals surface area contributed by atoms with E-state index in [0.29, 0.717) is 24.0 Å². The largest absolute Gasteiger partial charge is 0.387 e. The van der Waals surface area contributed by atoms with Gasteiger partial charge in [-0.1, -0.05) is 12.1 Å². The number of hydroxylamine groups is 1. The van der Waals surface area contributed by atoms with Crippen LogP contribution in [-0.2, 0) is 20.1 Å². The molecular formula is C20H21N5O5. The molecule has 1 aromatic heterocycles. The van der Waals surface area contributed by atoms with Crippen molar-refractivity contribution in [3.05, 3.63) is 59.7 Å². The number of carbonyl (C=O) groups excluding carboxylic acids is 1. The normalized spacial score (nSPS) is 26.7. The van der Waals surface area contributed by atoms with E-state index in [9.17, 15) is 15.2 Å². The summed E-state index contributed by atoms with van der Waals surface area (Å²) in [4.78, 5) is 25.4. The summed E-state index contributed by atoms with van der Waals surface area (Å²) in [6, 6.07) is 8.61. The van der Waals surface area contributed by atoms with Crippen molar-refractivity contribution in [1.82, 2.24) is 15.4 Å². The maximum atomic E-state index is 12.3. The molecule has 2 aliphatic rings. The first-order valence-electron chi connectivity index (χ1n) is 9.43. The van der Waals surface area contributed by atoms with Crippen LogP contribution in [0, 0.1) is 11.3 Å². The molecule has 2 atom stereocenters. The summed E-state index contributed by atoms with van der Waals surface area (Å²) in [6.45, 7) is -0.125. The number of amides is 1. The predicted molar refractivity (Wildman–Crippen MR) is 101 cm³/mol. The molecule has 2 aromatic rings. The molecule has 1 amide bonds. The van der Waals surface area contributed by atoms with Crippen LogP contribution in [0.15, 0.2) is 43.0 Å². The first kappa shape index (κ1) is 20.3. The van der Waals surface area contributed by atoms with Gasteiger partial charge in [-0.25, -0.2) is 20.3 Å². The van der Waals surface area contributed by atoms with Crippen molar-refractivity contribution < 1.29 is 24.2 Å². The summed E-state index contributed by atoms with van der Waals surface area (Å²) < 4.78 is 11.8. The van der Waals surface area contributed by atoms with Crippen LogP contribution in [0.5, 0.6) is 0 Å². The average molecular weight is 411 g/mol. The number of aliphatic hydroxyl groups is 1. The number of nitrogens with zero attached hydrogens (tertiary/aromatic N) is 3. The van der Waals surface area contributed by atoms with E-state index in [2.05, 4.69) is 21.5 Å². The number of nitrogens with one attached hydrogen (secondary N) is 1. The average Bonchev–Trinajstić information content (AvgIpc) is 2.76. The first-order valence-corrected chi connectivity index (χ1v) is 9.43. The number of nitriles is 1. The van der Waals surface area contributed by atoms with Gasteiger partial charge in [0.15, 0.2) is 0 Å². The second-order valence-electron chi connectivity index (χ2n) is 7.51. The summed E-state index contributed by atoms with van der Waals surface area (Å²) in [5, 5.41) is 19.7. The third kappa shape index (κ3) is 3.54. The van der Waals surface area contributed by atoms with E-state index in [4.69, 9.17) is 20.0 Å². The second kappa shape index (κ2) is 7.71. The summed E-state index contributed by atoms with van der Waals surface area (Å²) >= 11 is 0. The first-order chi connectivity index (χ1) is 14.4. The Kier molecular flexibility index (Phi) is 5.23. The lowest BCUT2D eigenvalue weighted by Crippen LogP contribution is -2.76. The molecule has 0 bridgehead atoms. The van der Waals surface area contributed by atoms with Crippen molar-refractivity contribution in [3.8, 4) is 6.07 Å². The summed E-state index contributed by atoms with van der Waals surface area (Å²) in [6.07, 6.45) is 6.07. The maximum absolute atomic E-state index is 12.3. The molecule has 156 valence electrons. The molecule has 2 fully saturated rings. The Labute approximate surface area is 172 Å². The number of nitrogens with two attached hydrogens (primary N) is 1. The number of carbonyl (C=O) groups is 1. The molecule has 2 heterocycles. The molecule has 10 heteroatoms. The lowest BCUT2D eigenvalue weighted by Gasteiger charge is -2.55. The summed E-state index contributed by atoms with van der Waals surface area (Å²) in [5.41, 5.74) is 7.15. The molecule has 1 aliphatic carbocycles. The highest BCUT2D eigenvalue weighted by molar-refractivity contribution is 5.92. The van der Waals surface area contributed by atoms with Gasteiger partial charge in [-0.2, -0.15) is 5.26 Å². The molecule has 0 spiro atoms.